The minimum absolute atomic E-state index is 0. The fourth-order valence-corrected chi connectivity index (χ4v) is 3.91. The third-order valence-corrected chi connectivity index (χ3v) is 5.41. The Morgan fingerprint density at radius 3 is 2.83 bits per heavy atom. The maximum atomic E-state index is 10.6. The Hall–Kier alpha value is -1.48. The molecule has 0 bridgehead atoms. The largest absolute Gasteiger partial charge is 0.481 e. The topological polar surface area (TPSA) is 40.5 Å². The summed E-state index contributed by atoms with van der Waals surface area (Å²) in [5, 5.41) is 8.74. The first kappa shape index (κ1) is 17.9. The number of aliphatic carboxylic acids is 1. The quantitative estimate of drug-likeness (QED) is 0.767. The summed E-state index contributed by atoms with van der Waals surface area (Å²) < 4.78 is 0. The van der Waals surface area contributed by atoms with Crippen molar-refractivity contribution in [2.24, 2.45) is 0 Å². The summed E-state index contributed by atoms with van der Waals surface area (Å²) in [7, 11) is 0. The summed E-state index contributed by atoms with van der Waals surface area (Å²) in [5.74, 6) is -0.684. The molecule has 3 rings (SSSR count). The van der Waals surface area contributed by atoms with E-state index >= 15 is 0 Å². The van der Waals surface area contributed by atoms with E-state index in [2.05, 4.69) is 43.1 Å². The van der Waals surface area contributed by atoms with Gasteiger partial charge in [-0.05, 0) is 42.9 Å². The lowest BCUT2D eigenvalue weighted by molar-refractivity contribution is -0.137. The van der Waals surface area contributed by atoms with Crippen molar-refractivity contribution in [2.75, 3.05) is 11.4 Å². The minimum atomic E-state index is -0.684. The van der Waals surface area contributed by atoms with Crippen LogP contribution >= 0.6 is 12.4 Å². The van der Waals surface area contributed by atoms with Gasteiger partial charge >= 0.3 is 5.97 Å². The van der Waals surface area contributed by atoms with E-state index < -0.39 is 5.97 Å². The van der Waals surface area contributed by atoms with Gasteiger partial charge in [-0.2, -0.15) is 0 Å². The molecular weight excluding hydrogens is 310 g/mol. The molecule has 2 heterocycles. The van der Waals surface area contributed by atoms with Crippen molar-refractivity contribution in [3.8, 4) is 0 Å². The molecule has 0 aliphatic carbocycles. The first-order valence-corrected chi connectivity index (χ1v) is 8.32. The number of carbonyl (C=O) groups is 1. The Labute approximate surface area is 144 Å². The second-order valence-corrected chi connectivity index (χ2v) is 6.86. The van der Waals surface area contributed by atoms with E-state index in [9.17, 15) is 4.79 Å². The van der Waals surface area contributed by atoms with Gasteiger partial charge in [-0.25, -0.2) is 0 Å². The number of halogens is 1. The maximum Gasteiger partial charge on any atom is 0.303 e. The maximum absolute atomic E-state index is 10.6. The van der Waals surface area contributed by atoms with E-state index in [-0.39, 0.29) is 17.8 Å². The molecule has 3 nitrogen and oxygen atoms in total. The number of para-hydroxylation sites is 1. The third kappa shape index (κ3) is 3.25. The summed E-state index contributed by atoms with van der Waals surface area (Å²) in [6.07, 6.45) is 7.72. The highest BCUT2D eigenvalue weighted by atomic mass is 35.5. The average molecular weight is 336 g/mol. The number of rotatable bonds is 6. The van der Waals surface area contributed by atoms with Crippen molar-refractivity contribution in [3.05, 3.63) is 41.1 Å². The van der Waals surface area contributed by atoms with E-state index in [1.807, 2.05) is 0 Å². The first-order valence-electron chi connectivity index (χ1n) is 8.32. The van der Waals surface area contributed by atoms with Crippen LogP contribution in [0.1, 0.15) is 57.1 Å². The summed E-state index contributed by atoms with van der Waals surface area (Å²) >= 11 is 0. The van der Waals surface area contributed by atoms with Crippen LogP contribution in [-0.2, 0) is 16.6 Å². The van der Waals surface area contributed by atoms with Crippen molar-refractivity contribution in [1.82, 2.24) is 0 Å². The van der Waals surface area contributed by atoms with Crippen LogP contribution in [0.5, 0.6) is 0 Å². The van der Waals surface area contributed by atoms with Crippen LogP contribution in [0.15, 0.2) is 30.0 Å². The van der Waals surface area contributed by atoms with Crippen molar-refractivity contribution >= 4 is 24.1 Å². The van der Waals surface area contributed by atoms with Crippen molar-refractivity contribution in [3.63, 3.8) is 0 Å². The van der Waals surface area contributed by atoms with E-state index in [0.717, 1.165) is 38.6 Å². The smallest absolute Gasteiger partial charge is 0.303 e. The van der Waals surface area contributed by atoms with Crippen LogP contribution in [0.25, 0.3) is 0 Å². The van der Waals surface area contributed by atoms with Gasteiger partial charge in [0.25, 0.3) is 0 Å². The van der Waals surface area contributed by atoms with Gasteiger partial charge in [-0.15, -0.1) is 12.4 Å². The highest BCUT2D eigenvalue weighted by Crippen LogP contribution is 2.48. The molecule has 0 saturated carbocycles. The van der Waals surface area contributed by atoms with Crippen molar-refractivity contribution in [1.29, 1.82) is 0 Å². The van der Waals surface area contributed by atoms with Crippen LogP contribution < -0.4 is 4.90 Å². The molecule has 0 amide bonds. The van der Waals surface area contributed by atoms with Gasteiger partial charge in [-0.3, -0.25) is 4.79 Å². The Bertz CT molecular complexity index is 626. The fourth-order valence-electron chi connectivity index (χ4n) is 3.91. The molecule has 126 valence electrons. The van der Waals surface area contributed by atoms with Crippen LogP contribution in [0.3, 0.4) is 0 Å². The predicted octanol–water partition coefficient (Wildman–Crippen LogP) is 4.68. The lowest BCUT2D eigenvalue weighted by atomic mass is 9.70. The van der Waals surface area contributed by atoms with Gasteiger partial charge in [-0.1, -0.05) is 38.0 Å². The molecule has 1 atom stereocenters. The van der Waals surface area contributed by atoms with E-state index in [4.69, 9.17) is 5.11 Å². The molecule has 1 N–H and O–H groups in total. The molecule has 2 aliphatic rings. The molecule has 1 unspecified atom stereocenters. The number of unbranched alkanes of at least 4 members (excludes halogenated alkanes) is 2. The third-order valence-electron chi connectivity index (χ3n) is 5.41. The minimum Gasteiger partial charge on any atom is -0.481 e. The number of anilines is 1. The number of hydrogen-bond donors (Lipinski definition) is 1. The Morgan fingerprint density at radius 2 is 2.09 bits per heavy atom. The van der Waals surface area contributed by atoms with Crippen molar-refractivity contribution < 1.29 is 9.90 Å². The Kier molecular flexibility index (Phi) is 5.41. The molecule has 0 saturated heterocycles. The Morgan fingerprint density at radius 1 is 1.30 bits per heavy atom. The van der Waals surface area contributed by atoms with Gasteiger partial charge in [0, 0.05) is 30.3 Å². The molecule has 0 spiro atoms. The van der Waals surface area contributed by atoms with Gasteiger partial charge in [0.05, 0.1) is 0 Å². The zero-order chi connectivity index (χ0) is 15.7. The lowest BCUT2D eigenvalue weighted by Gasteiger charge is -2.39. The van der Waals surface area contributed by atoms with Crippen molar-refractivity contribution in [2.45, 2.75) is 57.8 Å². The molecule has 4 heteroatoms. The summed E-state index contributed by atoms with van der Waals surface area (Å²) in [6, 6.07) is 6.73. The Balaban J connectivity index is 0.00000192. The number of benzene rings is 1. The van der Waals surface area contributed by atoms with Crippen LogP contribution in [0.2, 0.25) is 0 Å². The molecule has 23 heavy (non-hydrogen) atoms. The summed E-state index contributed by atoms with van der Waals surface area (Å²) in [4.78, 5) is 13.0. The molecular formula is C19H26ClNO2. The number of carboxylic acids is 1. The first-order chi connectivity index (χ1) is 10.5. The molecule has 1 aromatic carbocycles. The zero-order valence-corrected chi connectivity index (χ0v) is 14.8. The van der Waals surface area contributed by atoms with Crippen LogP contribution in [0, 0.1) is 0 Å². The summed E-state index contributed by atoms with van der Waals surface area (Å²) in [5.41, 5.74) is 5.88. The van der Waals surface area contributed by atoms with Gasteiger partial charge in [0.2, 0.25) is 0 Å². The highest BCUT2D eigenvalue weighted by molar-refractivity contribution is 5.85. The molecule has 0 aromatic heterocycles. The van der Waals surface area contributed by atoms with Gasteiger partial charge in [0.1, 0.15) is 0 Å². The second kappa shape index (κ2) is 6.96. The van der Waals surface area contributed by atoms with Crippen LogP contribution in [-0.4, -0.2) is 17.6 Å². The zero-order valence-electron chi connectivity index (χ0n) is 14.0. The van der Waals surface area contributed by atoms with Gasteiger partial charge < -0.3 is 10.0 Å². The van der Waals surface area contributed by atoms with E-state index in [0.29, 0.717) is 6.42 Å². The second-order valence-electron chi connectivity index (χ2n) is 6.86. The average Bonchev–Trinajstić information content (AvgIpc) is 2.88. The van der Waals surface area contributed by atoms with Gasteiger partial charge in [0.15, 0.2) is 0 Å². The summed E-state index contributed by atoms with van der Waals surface area (Å²) in [6.45, 7) is 5.69. The molecule has 1 aromatic rings. The normalized spacial score (nSPS) is 21.5. The number of nitrogens with zero attached hydrogens (tertiary/aromatic N) is 1. The van der Waals surface area contributed by atoms with Crippen LogP contribution in [0.4, 0.5) is 5.69 Å². The van der Waals surface area contributed by atoms with E-state index in [1.165, 1.54) is 22.4 Å². The SMILES string of the molecule is CC1=CN2CCc3cccc(c32)C1(C)CCCCCC(=O)O.Cl. The van der Waals surface area contributed by atoms with E-state index in [1.54, 1.807) is 0 Å². The number of hydrogen-bond acceptors (Lipinski definition) is 2. The standard InChI is InChI=1S/C19H25NO2.ClH/c1-14-13-20-12-10-15-7-6-8-16(18(15)20)19(14,2)11-5-3-4-9-17(21)22;/h6-8,13H,3-5,9-12H2,1-2H3,(H,21,22);1H. The lowest BCUT2D eigenvalue weighted by Crippen LogP contribution is -2.32. The number of carboxylic acid groups (broad SMARTS) is 1. The predicted molar refractivity (Wildman–Crippen MR) is 96.6 cm³/mol. The number of allylic oxidation sites excluding steroid dienone is 1. The molecule has 2 aliphatic heterocycles. The fraction of sp³-hybridized carbons (Fsp3) is 0.526. The monoisotopic (exact) mass is 335 g/mol. The highest BCUT2D eigenvalue weighted by Gasteiger charge is 2.38. The molecule has 0 fully saturated rings. The molecule has 0 radical (unpaired) electrons.